The molecule has 4 aromatic rings. The minimum absolute atomic E-state index is 0.446. The first-order valence-corrected chi connectivity index (χ1v) is 8.20. The predicted octanol–water partition coefficient (Wildman–Crippen LogP) is 3.32. The highest BCUT2D eigenvalue weighted by Gasteiger charge is 2.11. The van der Waals surface area contributed by atoms with Crippen LogP contribution < -0.4 is 11.1 Å². The van der Waals surface area contributed by atoms with Gasteiger partial charge in [0.25, 0.3) is 0 Å². The maximum Gasteiger partial charge on any atom is 0.249 e. The lowest BCUT2D eigenvalue weighted by atomic mass is 10.1. The molecule has 0 aliphatic heterocycles. The third-order valence-electron chi connectivity index (χ3n) is 4.19. The average molecular weight is 343 g/mol. The van der Waals surface area contributed by atoms with Crippen LogP contribution in [0.25, 0.3) is 10.9 Å². The molecule has 0 saturated heterocycles. The molecule has 0 radical (unpaired) electrons. The Morgan fingerprint density at radius 3 is 2.81 bits per heavy atom. The van der Waals surface area contributed by atoms with Gasteiger partial charge in [0.1, 0.15) is 0 Å². The number of amides is 1. The minimum atomic E-state index is -0.446. The molecule has 0 aliphatic carbocycles. The van der Waals surface area contributed by atoms with Gasteiger partial charge in [-0.1, -0.05) is 18.2 Å². The van der Waals surface area contributed by atoms with Crippen molar-refractivity contribution in [3.05, 3.63) is 84.6 Å². The first-order chi connectivity index (χ1) is 12.7. The van der Waals surface area contributed by atoms with Crippen molar-refractivity contribution in [3.8, 4) is 0 Å². The van der Waals surface area contributed by atoms with Gasteiger partial charge in [-0.25, -0.2) is 4.98 Å². The third kappa shape index (κ3) is 3.12. The first-order valence-electron chi connectivity index (χ1n) is 8.20. The molecular formula is C20H17N5O. The standard InChI is InChI=1S/C20H17N5O/c21-20(26)17-7-6-16(11-15(17)12-25-10-9-22-13-25)24-18-5-1-3-14-4-2-8-23-19(14)18/h1-11,13,24H,12H2,(H2,21,26). The van der Waals surface area contributed by atoms with Gasteiger partial charge in [0, 0.05) is 41.8 Å². The number of nitrogens with one attached hydrogen (secondary N) is 1. The largest absolute Gasteiger partial charge is 0.366 e. The quantitative estimate of drug-likeness (QED) is 0.582. The molecule has 128 valence electrons. The summed E-state index contributed by atoms with van der Waals surface area (Å²) in [6, 6.07) is 15.4. The summed E-state index contributed by atoms with van der Waals surface area (Å²) in [4.78, 5) is 20.3. The molecule has 4 rings (SSSR count). The van der Waals surface area contributed by atoms with E-state index in [4.69, 9.17) is 5.73 Å². The monoisotopic (exact) mass is 343 g/mol. The molecule has 2 aromatic carbocycles. The van der Waals surface area contributed by atoms with Gasteiger partial charge in [-0.3, -0.25) is 9.78 Å². The number of hydrogen-bond acceptors (Lipinski definition) is 4. The van der Waals surface area contributed by atoms with E-state index in [1.807, 2.05) is 53.2 Å². The van der Waals surface area contributed by atoms with E-state index in [0.29, 0.717) is 12.1 Å². The van der Waals surface area contributed by atoms with Crippen LogP contribution in [0.5, 0.6) is 0 Å². The number of hydrogen-bond donors (Lipinski definition) is 2. The highest BCUT2D eigenvalue weighted by atomic mass is 16.1. The van der Waals surface area contributed by atoms with E-state index in [1.165, 1.54) is 0 Å². The Labute approximate surface area is 150 Å². The molecule has 1 amide bonds. The molecule has 3 N–H and O–H groups in total. The molecule has 0 spiro atoms. The van der Waals surface area contributed by atoms with E-state index in [0.717, 1.165) is 27.8 Å². The van der Waals surface area contributed by atoms with Crippen molar-refractivity contribution in [2.75, 3.05) is 5.32 Å². The highest BCUT2D eigenvalue weighted by Crippen LogP contribution is 2.26. The number of anilines is 2. The molecule has 0 fully saturated rings. The number of pyridine rings is 1. The van der Waals surface area contributed by atoms with E-state index in [9.17, 15) is 4.79 Å². The van der Waals surface area contributed by atoms with Crippen molar-refractivity contribution in [3.63, 3.8) is 0 Å². The van der Waals surface area contributed by atoms with Gasteiger partial charge in [0.15, 0.2) is 0 Å². The summed E-state index contributed by atoms with van der Waals surface area (Å²) in [6.45, 7) is 0.515. The molecule has 0 atom stereocenters. The summed E-state index contributed by atoms with van der Waals surface area (Å²) < 4.78 is 1.89. The zero-order chi connectivity index (χ0) is 17.9. The molecule has 2 heterocycles. The summed E-state index contributed by atoms with van der Waals surface area (Å²) in [5, 5.41) is 4.45. The maximum atomic E-state index is 11.8. The van der Waals surface area contributed by atoms with Crippen LogP contribution in [0.1, 0.15) is 15.9 Å². The summed E-state index contributed by atoms with van der Waals surface area (Å²) in [5.74, 6) is -0.446. The zero-order valence-electron chi connectivity index (χ0n) is 14.0. The fraction of sp³-hybridized carbons (Fsp3) is 0.0500. The van der Waals surface area contributed by atoms with Crippen LogP contribution in [0.4, 0.5) is 11.4 Å². The highest BCUT2D eigenvalue weighted by molar-refractivity contribution is 5.95. The van der Waals surface area contributed by atoms with Crippen molar-refractivity contribution < 1.29 is 4.79 Å². The van der Waals surface area contributed by atoms with E-state index in [-0.39, 0.29) is 0 Å². The van der Waals surface area contributed by atoms with E-state index < -0.39 is 5.91 Å². The zero-order valence-corrected chi connectivity index (χ0v) is 14.0. The van der Waals surface area contributed by atoms with E-state index in [2.05, 4.69) is 15.3 Å². The molecular weight excluding hydrogens is 326 g/mol. The second-order valence-corrected chi connectivity index (χ2v) is 5.98. The number of rotatable bonds is 5. The SMILES string of the molecule is NC(=O)c1ccc(Nc2cccc3cccnc23)cc1Cn1ccnc1. The molecule has 26 heavy (non-hydrogen) atoms. The summed E-state index contributed by atoms with van der Waals surface area (Å²) >= 11 is 0. The lowest BCUT2D eigenvalue weighted by molar-refractivity contribution is 0.0999. The Balaban J connectivity index is 1.71. The van der Waals surface area contributed by atoms with Gasteiger partial charge in [-0.2, -0.15) is 0 Å². The minimum Gasteiger partial charge on any atom is -0.366 e. The second kappa shape index (κ2) is 6.68. The van der Waals surface area contributed by atoms with Crippen molar-refractivity contribution >= 4 is 28.2 Å². The van der Waals surface area contributed by atoms with Crippen molar-refractivity contribution in [2.24, 2.45) is 5.73 Å². The van der Waals surface area contributed by atoms with Gasteiger partial charge in [0.05, 0.1) is 17.5 Å². The summed E-state index contributed by atoms with van der Waals surface area (Å²) in [7, 11) is 0. The number of fused-ring (bicyclic) bond motifs is 1. The van der Waals surface area contributed by atoms with Crippen LogP contribution in [0.15, 0.2) is 73.4 Å². The van der Waals surface area contributed by atoms with Crippen LogP contribution in [0.2, 0.25) is 0 Å². The van der Waals surface area contributed by atoms with Gasteiger partial charge in [-0.05, 0) is 35.9 Å². The Morgan fingerprint density at radius 2 is 2.00 bits per heavy atom. The lowest BCUT2D eigenvalue weighted by Gasteiger charge is -2.13. The summed E-state index contributed by atoms with van der Waals surface area (Å²) in [6.07, 6.45) is 7.03. The topological polar surface area (TPSA) is 85.8 Å². The fourth-order valence-corrected chi connectivity index (χ4v) is 2.98. The molecule has 0 aliphatic rings. The second-order valence-electron chi connectivity index (χ2n) is 5.98. The van der Waals surface area contributed by atoms with Crippen LogP contribution in [-0.4, -0.2) is 20.4 Å². The van der Waals surface area contributed by atoms with Crippen molar-refractivity contribution in [1.29, 1.82) is 0 Å². The van der Waals surface area contributed by atoms with Gasteiger partial charge in [-0.15, -0.1) is 0 Å². The first kappa shape index (κ1) is 15.8. The number of carbonyl (C=O) groups is 1. The number of carbonyl (C=O) groups excluding carboxylic acids is 1. The smallest absolute Gasteiger partial charge is 0.249 e. The van der Waals surface area contributed by atoms with Gasteiger partial charge < -0.3 is 15.6 Å². The lowest BCUT2D eigenvalue weighted by Crippen LogP contribution is -2.15. The van der Waals surface area contributed by atoms with Gasteiger partial charge in [0.2, 0.25) is 5.91 Å². The van der Waals surface area contributed by atoms with Crippen molar-refractivity contribution in [1.82, 2.24) is 14.5 Å². The molecule has 0 unspecified atom stereocenters. The van der Waals surface area contributed by atoms with E-state index in [1.54, 1.807) is 24.8 Å². The fourth-order valence-electron chi connectivity index (χ4n) is 2.98. The molecule has 0 saturated carbocycles. The van der Waals surface area contributed by atoms with Crippen LogP contribution in [-0.2, 0) is 6.54 Å². The van der Waals surface area contributed by atoms with Crippen LogP contribution in [0.3, 0.4) is 0 Å². The average Bonchev–Trinajstić information content (AvgIpc) is 3.15. The number of para-hydroxylation sites is 1. The van der Waals surface area contributed by atoms with Crippen LogP contribution in [0, 0.1) is 0 Å². The van der Waals surface area contributed by atoms with Gasteiger partial charge >= 0.3 is 0 Å². The van der Waals surface area contributed by atoms with E-state index >= 15 is 0 Å². The molecule has 2 aromatic heterocycles. The Bertz CT molecular complexity index is 1070. The normalized spacial score (nSPS) is 10.8. The number of aromatic nitrogens is 3. The number of benzene rings is 2. The van der Waals surface area contributed by atoms with Crippen molar-refractivity contribution in [2.45, 2.75) is 6.54 Å². The third-order valence-corrected chi connectivity index (χ3v) is 4.19. The maximum absolute atomic E-state index is 11.8. The Kier molecular flexibility index (Phi) is 4.07. The Morgan fingerprint density at radius 1 is 1.12 bits per heavy atom. The summed E-state index contributed by atoms with van der Waals surface area (Å²) in [5.41, 5.74) is 9.52. The predicted molar refractivity (Wildman–Crippen MR) is 101 cm³/mol. The van der Waals surface area contributed by atoms with Crippen LogP contribution >= 0.6 is 0 Å². The number of nitrogens with zero attached hydrogens (tertiary/aromatic N) is 3. The Hall–Kier alpha value is -3.67. The number of primary amides is 1. The molecule has 6 heteroatoms. The molecule has 0 bridgehead atoms. The molecule has 6 nitrogen and oxygen atoms in total. The number of imidazole rings is 1. The number of nitrogens with two attached hydrogens (primary N) is 1.